The molecule has 2 rings (SSSR count). The van der Waals surface area contributed by atoms with Gasteiger partial charge in [-0.3, -0.25) is 10.1 Å². The smallest absolute Gasteiger partial charge is 0.333 e. The van der Waals surface area contributed by atoms with Crippen LogP contribution >= 0.6 is 0 Å². The van der Waals surface area contributed by atoms with E-state index in [1.807, 2.05) is 18.5 Å². The Morgan fingerprint density at radius 3 is 2.74 bits per heavy atom. The fourth-order valence-electron chi connectivity index (χ4n) is 2.07. The minimum absolute atomic E-state index is 0.322. The molecular weight excluding hydrogens is 298 g/mol. The van der Waals surface area contributed by atoms with Crippen molar-refractivity contribution in [3.05, 3.63) is 35.4 Å². The van der Waals surface area contributed by atoms with Crippen LogP contribution in [0.25, 0.3) is 0 Å². The monoisotopic (exact) mass is 319 g/mol. The highest BCUT2D eigenvalue weighted by atomic mass is 16.5. The molecule has 0 saturated heterocycles. The largest absolute Gasteiger partial charge is 0.383 e. The van der Waals surface area contributed by atoms with Crippen LogP contribution < -0.4 is 16.2 Å². The second-order valence-electron chi connectivity index (χ2n) is 4.87. The van der Waals surface area contributed by atoms with E-state index in [9.17, 15) is 4.79 Å². The van der Waals surface area contributed by atoms with Crippen molar-refractivity contribution in [1.82, 2.24) is 30.5 Å². The van der Waals surface area contributed by atoms with E-state index in [1.54, 1.807) is 25.6 Å². The molecule has 0 aliphatic rings. The van der Waals surface area contributed by atoms with Crippen LogP contribution in [0.1, 0.15) is 17.0 Å². The molecule has 0 fully saturated rings. The molecule has 2 aromatic rings. The van der Waals surface area contributed by atoms with Crippen LogP contribution in [0.5, 0.6) is 0 Å². The lowest BCUT2D eigenvalue weighted by Gasteiger charge is -2.09. The Labute approximate surface area is 134 Å². The van der Waals surface area contributed by atoms with Gasteiger partial charge in [0.1, 0.15) is 0 Å². The molecule has 0 aliphatic carbocycles. The van der Waals surface area contributed by atoms with Gasteiger partial charge in [0.25, 0.3) is 0 Å². The van der Waals surface area contributed by atoms with Crippen molar-refractivity contribution in [2.75, 3.05) is 19.1 Å². The molecule has 3 N–H and O–H groups in total. The van der Waals surface area contributed by atoms with Crippen LogP contribution in [-0.2, 0) is 17.8 Å². The first-order valence-corrected chi connectivity index (χ1v) is 7.20. The number of amides is 2. The Hall–Kier alpha value is -2.68. The molecule has 0 aliphatic heterocycles. The first kappa shape index (κ1) is 16.7. The van der Waals surface area contributed by atoms with E-state index >= 15 is 0 Å². The summed E-state index contributed by atoms with van der Waals surface area (Å²) in [4.78, 5) is 19.7. The van der Waals surface area contributed by atoms with Gasteiger partial charge in [-0.25, -0.2) is 20.2 Å². The summed E-state index contributed by atoms with van der Waals surface area (Å²) in [5.74, 6) is 0.322. The third-order valence-electron chi connectivity index (χ3n) is 3.32. The standard InChI is InChI=1S/C14H21N7O2/c1-10-12(11(2)21(20-10)7-8-23-3)9-17-14(22)19-18-13-15-5-4-6-16-13/h4-6H,7-9H2,1-3H3,(H,15,16,18)(H2,17,19,22). The number of ether oxygens (including phenoxy) is 1. The molecular formula is C14H21N7O2. The van der Waals surface area contributed by atoms with Crippen LogP contribution in [-0.4, -0.2) is 39.5 Å². The zero-order chi connectivity index (χ0) is 16.7. The topological polar surface area (TPSA) is 106 Å². The van der Waals surface area contributed by atoms with Crippen LogP contribution in [0.4, 0.5) is 10.7 Å². The maximum absolute atomic E-state index is 11.8. The van der Waals surface area contributed by atoms with Gasteiger partial charge in [0.05, 0.1) is 18.8 Å². The number of rotatable bonds is 7. The zero-order valence-corrected chi connectivity index (χ0v) is 13.5. The Balaban J connectivity index is 1.85. The minimum Gasteiger partial charge on any atom is -0.383 e. The van der Waals surface area contributed by atoms with Gasteiger partial charge in [-0.1, -0.05) is 0 Å². The summed E-state index contributed by atoms with van der Waals surface area (Å²) in [7, 11) is 1.65. The van der Waals surface area contributed by atoms with Gasteiger partial charge in [-0.15, -0.1) is 0 Å². The van der Waals surface area contributed by atoms with Crippen molar-refractivity contribution in [1.29, 1.82) is 0 Å². The van der Waals surface area contributed by atoms with Gasteiger partial charge in [-0.2, -0.15) is 5.10 Å². The molecule has 0 spiro atoms. The van der Waals surface area contributed by atoms with Gasteiger partial charge in [0.2, 0.25) is 5.95 Å². The number of hydrogen-bond donors (Lipinski definition) is 3. The van der Waals surface area contributed by atoms with Crippen molar-refractivity contribution in [2.24, 2.45) is 0 Å². The van der Waals surface area contributed by atoms with Crippen LogP contribution in [0.3, 0.4) is 0 Å². The highest BCUT2D eigenvalue weighted by Crippen LogP contribution is 2.12. The Bertz CT molecular complexity index is 642. The van der Waals surface area contributed by atoms with Crippen molar-refractivity contribution in [3.63, 3.8) is 0 Å². The number of hydrogen-bond acceptors (Lipinski definition) is 6. The number of nitrogens with one attached hydrogen (secondary N) is 3. The van der Waals surface area contributed by atoms with E-state index in [0.29, 0.717) is 25.6 Å². The van der Waals surface area contributed by atoms with Gasteiger partial charge in [-0.05, 0) is 19.9 Å². The molecule has 0 saturated carbocycles. The number of aryl methyl sites for hydroxylation is 1. The second-order valence-corrected chi connectivity index (χ2v) is 4.87. The number of urea groups is 1. The SMILES string of the molecule is COCCn1nc(C)c(CNC(=O)NNc2ncccn2)c1C. The molecule has 2 amide bonds. The molecule has 2 aromatic heterocycles. The summed E-state index contributed by atoms with van der Waals surface area (Å²) in [5.41, 5.74) is 7.99. The lowest BCUT2D eigenvalue weighted by molar-refractivity contribution is 0.182. The molecule has 23 heavy (non-hydrogen) atoms. The molecule has 0 unspecified atom stereocenters. The van der Waals surface area contributed by atoms with Crippen molar-refractivity contribution >= 4 is 12.0 Å². The maximum atomic E-state index is 11.8. The Morgan fingerprint density at radius 1 is 1.30 bits per heavy atom. The zero-order valence-electron chi connectivity index (χ0n) is 13.5. The van der Waals surface area contributed by atoms with Gasteiger partial charge in [0.15, 0.2) is 0 Å². The molecule has 0 radical (unpaired) electrons. The predicted octanol–water partition coefficient (Wildman–Crippen LogP) is 0.763. The molecule has 9 heteroatoms. The maximum Gasteiger partial charge on any atom is 0.333 e. The lowest BCUT2D eigenvalue weighted by Crippen LogP contribution is -2.39. The number of hydrazine groups is 1. The van der Waals surface area contributed by atoms with E-state index < -0.39 is 0 Å². The first-order chi connectivity index (χ1) is 11.1. The number of nitrogens with zero attached hydrogens (tertiary/aromatic N) is 4. The first-order valence-electron chi connectivity index (χ1n) is 7.20. The fourth-order valence-corrected chi connectivity index (χ4v) is 2.07. The van der Waals surface area contributed by atoms with Gasteiger partial charge < -0.3 is 10.1 Å². The van der Waals surface area contributed by atoms with E-state index in [4.69, 9.17) is 4.74 Å². The summed E-state index contributed by atoms with van der Waals surface area (Å²) < 4.78 is 6.94. The van der Waals surface area contributed by atoms with Crippen LogP contribution in [0, 0.1) is 13.8 Å². The molecule has 0 aromatic carbocycles. The summed E-state index contributed by atoms with van der Waals surface area (Å²) in [5, 5.41) is 7.22. The number of anilines is 1. The highest BCUT2D eigenvalue weighted by molar-refractivity contribution is 5.74. The predicted molar refractivity (Wildman–Crippen MR) is 84.6 cm³/mol. The molecule has 9 nitrogen and oxygen atoms in total. The van der Waals surface area contributed by atoms with Crippen LogP contribution in [0.2, 0.25) is 0 Å². The highest BCUT2D eigenvalue weighted by Gasteiger charge is 2.12. The normalized spacial score (nSPS) is 10.4. The van der Waals surface area contributed by atoms with Crippen molar-refractivity contribution in [2.45, 2.75) is 26.9 Å². The summed E-state index contributed by atoms with van der Waals surface area (Å²) in [6.45, 7) is 5.55. The van der Waals surface area contributed by atoms with E-state index in [1.165, 1.54) is 0 Å². The van der Waals surface area contributed by atoms with Crippen molar-refractivity contribution in [3.8, 4) is 0 Å². The number of aromatic nitrogens is 4. The van der Waals surface area contributed by atoms with E-state index in [-0.39, 0.29) is 6.03 Å². The molecule has 2 heterocycles. The quantitative estimate of drug-likeness (QED) is 0.651. The third kappa shape index (κ3) is 4.65. The second kappa shape index (κ2) is 8.08. The minimum atomic E-state index is -0.374. The third-order valence-corrected chi connectivity index (χ3v) is 3.32. The molecule has 0 atom stereocenters. The lowest BCUT2D eigenvalue weighted by atomic mass is 10.2. The number of methoxy groups -OCH3 is 1. The molecule has 0 bridgehead atoms. The number of carbonyl (C=O) groups is 1. The Kier molecular flexibility index (Phi) is 5.87. The van der Waals surface area contributed by atoms with Gasteiger partial charge >= 0.3 is 6.03 Å². The summed E-state index contributed by atoms with van der Waals surface area (Å²) >= 11 is 0. The number of carbonyl (C=O) groups excluding carboxylic acids is 1. The van der Waals surface area contributed by atoms with Crippen molar-refractivity contribution < 1.29 is 9.53 Å². The molecule has 124 valence electrons. The average molecular weight is 319 g/mol. The van der Waals surface area contributed by atoms with Gasteiger partial charge in [0, 0.05) is 37.3 Å². The average Bonchev–Trinajstić information content (AvgIpc) is 2.83. The summed E-state index contributed by atoms with van der Waals surface area (Å²) in [6.07, 6.45) is 3.16. The van der Waals surface area contributed by atoms with E-state index in [2.05, 4.69) is 31.2 Å². The Morgan fingerprint density at radius 2 is 2.04 bits per heavy atom. The summed E-state index contributed by atoms with van der Waals surface area (Å²) in [6, 6.07) is 1.32. The van der Waals surface area contributed by atoms with E-state index in [0.717, 1.165) is 17.0 Å². The fraction of sp³-hybridized carbons (Fsp3) is 0.429. The van der Waals surface area contributed by atoms with Crippen LogP contribution in [0.15, 0.2) is 18.5 Å².